The molecule has 0 fully saturated rings. The van der Waals surface area contributed by atoms with Crippen molar-refractivity contribution in [3.8, 4) is 17.2 Å². The van der Waals surface area contributed by atoms with Gasteiger partial charge < -0.3 is 29.0 Å². The van der Waals surface area contributed by atoms with Gasteiger partial charge in [-0.15, -0.1) is 0 Å². The zero-order valence-corrected chi connectivity index (χ0v) is 17.6. The molecule has 0 spiro atoms. The third-order valence-corrected chi connectivity index (χ3v) is 5.40. The summed E-state index contributed by atoms with van der Waals surface area (Å²) < 4.78 is 31.8. The van der Waals surface area contributed by atoms with Crippen LogP contribution >= 0.6 is 0 Å². The van der Waals surface area contributed by atoms with E-state index in [0.717, 1.165) is 11.3 Å². The Kier molecular flexibility index (Phi) is 5.70. The third kappa shape index (κ3) is 3.88. The number of halogens is 1. The molecule has 3 aromatic rings. The highest BCUT2D eigenvalue weighted by Crippen LogP contribution is 2.43. The van der Waals surface area contributed by atoms with Crippen LogP contribution in [-0.2, 0) is 6.54 Å². The number of amides is 2. The van der Waals surface area contributed by atoms with Crippen LogP contribution in [-0.4, -0.2) is 43.4 Å². The van der Waals surface area contributed by atoms with Gasteiger partial charge in [0.05, 0.1) is 27.4 Å². The molecule has 0 aliphatic carbocycles. The smallest absolute Gasteiger partial charge is 0.322 e. The van der Waals surface area contributed by atoms with Gasteiger partial charge in [0.15, 0.2) is 11.5 Å². The van der Waals surface area contributed by atoms with E-state index in [0.29, 0.717) is 36.0 Å². The highest BCUT2D eigenvalue weighted by molar-refractivity contribution is 5.90. The van der Waals surface area contributed by atoms with Gasteiger partial charge >= 0.3 is 6.03 Å². The lowest BCUT2D eigenvalue weighted by Gasteiger charge is -2.37. The van der Waals surface area contributed by atoms with E-state index in [1.165, 1.54) is 24.3 Å². The maximum absolute atomic E-state index is 13.2. The SMILES string of the molecule is COc1cc(C2c3cccn3CCN2C(=O)Nc2ccc(F)cc2)cc(OC)c1OC. The third-order valence-electron chi connectivity index (χ3n) is 5.40. The molecule has 8 heteroatoms. The normalized spacial score (nSPS) is 15.2. The van der Waals surface area contributed by atoms with Crippen molar-refractivity contribution in [3.05, 3.63) is 71.8 Å². The molecular formula is C23H24FN3O4. The van der Waals surface area contributed by atoms with Gasteiger partial charge in [0, 0.05) is 30.7 Å². The van der Waals surface area contributed by atoms with Crippen LogP contribution in [0.5, 0.6) is 17.2 Å². The Hall–Kier alpha value is -3.68. The zero-order chi connectivity index (χ0) is 22.0. The van der Waals surface area contributed by atoms with Crippen molar-refractivity contribution in [2.24, 2.45) is 0 Å². The number of carbonyl (C=O) groups excluding carboxylic acids is 1. The molecule has 0 saturated carbocycles. The number of ether oxygens (including phenoxy) is 3. The number of urea groups is 1. The summed E-state index contributed by atoms with van der Waals surface area (Å²) in [6, 6.07) is 12.7. The highest BCUT2D eigenvalue weighted by atomic mass is 19.1. The molecule has 1 aromatic heterocycles. The highest BCUT2D eigenvalue weighted by Gasteiger charge is 2.33. The first-order chi connectivity index (χ1) is 15.0. The molecule has 1 aliphatic heterocycles. The van der Waals surface area contributed by atoms with Crippen molar-refractivity contribution < 1.29 is 23.4 Å². The molecule has 7 nitrogen and oxygen atoms in total. The number of carbonyl (C=O) groups is 1. The second-order valence-corrected chi connectivity index (χ2v) is 7.12. The Morgan fingerprint density at radius 1 is 1.00 bits per heavy atom. The number of aromatic nitrogens is 1. The van der Waals surface area contributed by atoms with Gasteiger partial charge in [-0.05, 0) is 54.1 Å². The number of nitrogens with zero attached hydrogens (tertiary/aromatic N) is 2. The number of rotatable bonds is 5. The second-order valence-electron chi connectivity index (χ2n) is 7.12. The number of hydrogen-bond acceptors (Lipinski definition) is 4. The van der Waals surface area contributed by atoms with E-state index in [9.17, 15) is 9.18 Å². The molecule has 2 amide bonds. The minimum Gasteiger partial charge on any atom is -0.493 e. The summed E-state index contributed by atoms with van der Waals surface area (Å²) in [6.07, 6.45) is 2.00. The van der Waals surface area contributed by atoms with Gasteiger partial charge in [-0.3, -0.25) is 0 Å². The lowest BCUT2D eigenvalue weighted by Crippen LogP contribution is -2.44. The molecule has 2 heterocycles. The molecule has 162 valence electrons. The quantitative estimate of drug-likeness (QED) is 0.662. The fourth-order valence-electron chi connectivity index (χ4n) is 3.94. The maximum atomic E-state index is 13.2. The molecule has 1 unspecified atom stereocenters. The summed E-state index contributed by atoms with van der Waals surface area (Å²) in [5.74, 6) is 1.16. The number of anilines is 1. The molecule has 2 aromatic carbocycles. The minimum atomic E-state index is -0.377. The Labute approximate surface area is 179 Å². The van der Waals surface area contributed by atoms with E-state index in [1.807, 2.05) is 30.5 Å². The van der Waals surface area contributed by atoms with E-state index in [1.54, 1.807) is 26.2 Å². The van der Waals surface area contributed by atoms with E-state index < -0.39 is 0 Å². The molecule has 4 rings (SSSR count). The number of hydrogen-bond donors (Lipinski definition) is 1. The van der Waals surface area contributed by atoms with Gasteiger partial charge in [0.2, 0.25) is 5.75 Å². The van der Waals surface area contributed by atoms with Crippen LogP contribution in [0.2, 0.25) is 0 Å². The molecular weight excluding hydrogens is 401 g/mol. The van der Waals surface area contributed by atoms with Crippen LogP contribution in [0.15, 0.2) is 54.7 Å². The van der Waals surface area contributed by atoms with Gasteiger partial charge in [0.25, 0.3) is 0 Å². The molecule has 31 heavy (non-hydrogen) atoms. The Bertz CT molecular complexity index is 1060. The van der Waals surface area contributed by atoms with Crippen molar-refractivity contribution in [1.82, 2.24) is 9.47 Å². The predicted octanol–water partition coefficient (Wildman–Crippen LogP) is 4.29. The first-order valence-electron chi connectivity index (χ1n) is 9.84. The van der Waals surface area contributed by atoms with Crippen molar-refractivity contribution >= 4 is 11.7 Å². The molecule has 1 aliphatic rings. The first kappa shape index (κ1) is 20.6. The largest absolute Gasteiger partial charge is 0.493 e. The topological polar surface area (TPSA) is 65.0 Å². The maximum Gasteiger partial charge on any atom is 0.322 e. The molecule has 0 saturated heterocycles. The predicted molar refractivity (Wildman–Crippen MR) is 114 cm³/mol. The summed E-state index contributed by atoms with van der Waals surface area (Å²) in [6.45, 7) is 1.16. The number of nitrogens with one attached hydrogen (secondary N) is 1. The second kappa shape index (κ2) is 8.59. The van der Waals surface area contributed by atoms with Gasteiger partial charge in [0.1, 0.15) is 5.82 Å². The average Bonchev–Trinajstić information content (AvgIpc) is 3.27. The Balaban J connectivity index is 1.75. The Morgan fingerprint density at radius 3 is 2.29 bits per heavy atom. The van der Waals surface area contributed by atoms with Gasteiger partial charge in [-0.25, -0.2) is 9.18 Å². The van der Waals surface area contributed by atoms with Crippen molar-refractivity contribution in [3.63, 3.8) is 0 Å². The van der Waals surface area contributed by atoms with Gasteiger partial charge in [-0.2, -0.15) is 0 Å². The summed E-state index contributed by atoms with van der Waals surface area (Å²) in [7, 11) is 4.67. The summed E-state index contributed by atoms with van der Waals surface area (Å²) in [5, 5.41) is 2.87. The number of methoxy groups -OCH3 is 3. The van der Waals surface area contributed by atoms with Crippen molar-refractivity contribution in [1.29, 1.82) is 0 Å². The van der Waals surface area contributed by atoms with E-state index in [4.69, 9.17) is 14.2 Å². The standard InChI is InChI=1S/C23H24FN3O4/c1-29-19-13-15(14-20(30-2)22(19)31-3)21-18-5-4-10-26(18)11-12-27(21)23(28)25-17-8-6-16(24)7-9-17/h4-10,13-14,21H,11-12H2,1-3H3,(H,25,28). The number of fused-ring (bicyclic) bond motifs is 1. The molecule has 0 bridgehead atoms. The summed E-state index contributed by atoms with van der Waals surface area (Å²) >= 11 is 0. The van der Waals surface area contributed by atoms with Crippen molar-refractivity contribution in [2.45, 2.75) is 12.6 Å². The molecule has 0 radical (unpaired) electrons. The van der Waals surface area contributed by atoms with E-state index in [-0.39, 0.29) is 17.9 Å². The van der Waals surface area contributed by atoms with Crippen LogP contribution in [0.3, 0.4) is 0 Å². The van der Waals surface area contributed by atoms with Crippen molar-refractivity contribution in [2.75, 3.05) is 33.2 Å². The lowest BCUT2D eigenvalue weighted by atomic mass is 9.99. The number of benzene rings is 2. The van der Waals surface area contributed by atoms with Crippen LogP contribution in [0.25, 0.3) is 0 Å². The van der Waals surface area contributed by atoms with Crippen LogP contribution in [0.1, 0.15) is 17.3 Å². The molecule has 1 N–H and O–H groups in total. The minimum absolute atomic E-state index is 0.280. The Morgan fingerprint density at radius 2 is 1.68 bits per heavy atom. The lowest BCUT2D eigenvalue weighted by molar-refractivity contribution is 0.181. The zero-order valence-electron chi connectivity index (χ0n) is 17.6. The molecule has 1 atom stereocenters. The van der Waals surface area contributed by atoms with Crippen LogP contribution in [0.4, 0.5) is 14.9 Å². The summed E-state index contributed by atoms with van der Waals surface area (Å²) in [4.78, 5) is 15.0. The van der Waals surface area contributed by atoms with Gasteiger partial charge in [-0.1, -0.05) is 0 Å². The van der Waals surface area contributed by atoms with E-state index in [2.05, 4.69) is 9.88 Å². The fraction of sp³-hybridized carbons (Fsp3) is 0.261. The van der Waals surface area contributed by atoms with E-state index >= 15 is 0 Å². The summed E-state index contributed by atoms with van der Waals surface area (Å²) in [5.41, 5.74) is 2.31. The van der Waals surface area contributed by atoms with Crippen LogP contribution in [0, 0.1) is 5.82 Å². The average molecular weight is 425 g/mol. The monoisotopic (exact) mass is 425 g/mol. The van der Waals surface area contributed by atoms with Crippen LogP contribution < -0.4 is 19.5 Å². The fourth-order valence-corrected chi connectivity index (χ4v) is 3.94. The first-order valence-corrected chi connectivity index (χ1v) is 9.84.